The highest BCUT2D eigenvalue weighted by Gasteiger charge is 2.38. The molecule has 16 heteroatoms. The van der Waals surface area contributed by atoms with Crippen molar-refractivity contribution in [1.82, 2.24) is 38.5 Å². The number of hydrogen-bond acceptors (Lipinski definition) is 10. The van der Waals surface area contributed by atoms with Crippen molar-refractivity contribution in [3.63, 3.8) is 0 Å². The summed E-state index contributed by atoms with van der Waals surface area (Å²) in [4.78, 5) is 17.3. The lowest BCUT2D eigenvalue weighted by Crippen LogP contribution is -2.46. The molecule has 4 aromatic heterocycles. The minimum absolute atomic E-state index is 0.265. The Balaban J connectivity index is 1.23. The molecule has 0 aromatic carbocycles. The van der Waals surface area contributed by atoms with Gasteiger partial charge in [-0.2, -0.15) is 23.1 Å². The lowest BCUT2D eigenvalue weighted by molar-refractivity contribution is 0.0564. The summed E-state index contributed by atoms with van der Waals surface area (Å²) < 4.78 is 54.9. The molecule has 1 aliphatic carbocycles. The second kappa shape index (κ2) is 10.6. The minimum Gasteiger partial charge on any atom is -0.337 e. The van der Waals surface area contributed by atoms with E-state index in [2.05, 4.69) is 35.5 Å². The molecule has 41 heavy (non-hydrogen) atoms. The van der Waals surface area contributed by atoms with Gasteiger partial charge in [0.25, 0.3) is 10.0 Å². The smallest absolute Gasteiger partial charge is 0.333 e. The van der Waals surface area contributed by atoms with E-state index in [1.165, 1.54) is 24.7 Å². The first kappa shape index (κ1) is 26.9. The molecule has 13 nitrogen and oxygen atoms in total. The predicted molar refractivity (Wildman–Crippen MR) is 146 cm³/mol. The van der Waals surface area contributed by atoms with Gasteiger partial charge in [0.15, 0.2) is 5.82 Å². The molecule has 1 atom stereocenters. The van der Waals surface area contributed by atoms with E-state index >= 15 is 0 Å². The summed E-state index contributed by atoms with van der Waals surface area (Å²) in [6.07, 6.45) is 15.1. The van der Waals surface area contributed by atoms with Crippen LogP contribution in [0.2, 0.25) is 0 Å². The third kappa shape index (κ3) is 5.65. The molecule has 0 saturated heterocycles. The van der Waals surface area contributed by atoms with Gasteiger partial charge in [0.2, 0.25) is 0 Å². The maximum absolute atomic E-state index is 13.2. The van der Waals surface area contributed by atoms with Crippen molar-refractivity contribution in [3.05, 3.63) is 67.5 Å². The van der Waals surface area contributed by atoms with Gasteiger partial charge in [0, 0.05) is 49.5 Å². The van der Waals surface area contributed by atoms with Crippen LogP contribution in [-0.2, 0) is 16.6 Å². The molecule has 4 aromatic rings. The van der Waals surface area contributed by atoms with Gasteiger partial charge in [0.1, 0.15) is 11.7 Å². The van der Waals surface area contributed by atoms with Gasteiger partial charge in [-0.1, -0.05) is 0 Å². The monoisotopic (exact) mass is 583 g/mol. The Morgan fingerprint density at radius 3 is 2.78 bits per heavy atom. The summed E-state index contributed by atoms with van der Waals surface area (Å²) in [7, 11) is -3.51. The molecule has 1 fully saturated rings. The van der Waals surface area contributed by atoms with Crippen LogP contribution < -0.4 is 11.1 Å². The normalized spacial score (nSPS) is 19.3. The molecule has 1 unspecified atom stereocenters. The molecule has 5 heterocycles. The third-order valence-electron chi connectivity index (χ3n) is 7.00. The average molecular weight is 584 g/mol. The highest BCUT2D eigenvalue weighted by molar-refractivity contribution is 7.90. The fraction of sp³-hybridized carbons (Fsp3) is 0.360. The van der Waals surface area contributed by atoms with Crippen LogP contribution in [-0.4, -0.2) is 63.5 Å². The number of halogens is 2. The van der Waals surface area contributed by atoms with Gasteiger partial charge >= 0.3 is 6.55 Å². The SMILES string of the molecule is NC1(CCCn2ccnc2)CC(Nc2ccnc(-c3cnn(S(=O)(=O)C4CC4)c3)n2)=NC=C1c1ccn(C(F)F)n1. The molecule has 0 bridgehead atoms. The van der Waals surface area contributed by atoms with Crippen LogP contribution in [0.3, 0.4) is 0 Å². The molecule has 1 aliphatic heterocycles. The largest absolute Gasteiger partial charge is 0.337 e. The van der Waals surface area contributed by atoms with Gasteiger partial charge in [0.05, 0.1) is 40.8 Å². The van der Waals surface area contributed by atoms with Crippen LogP contribution in [0, 0.1) is 0 Å². The maximum atomic E-state index is 13.2. The molecule has 0 spiro atoms. The zero-order chi connectivity index (χ0) is 28.6. The number of amidine groups is 1. The maximum Gasteiger partial charge on any atom is 0.333 e. The zero-order valence-electron chi connectivity index (χ0n) is 21.8. The molecule has 2 aliphatic rings. The van der Waals surface area contributed by atoms with Crippen LogP contribution in [0.15, 0.2) is 66.8 Å². The molecule has 214 valence electrons. The second-order valence-corrected chi connectivity index (χ2v) is 12.1. The number of nitrogens with zero attached hydrogens (tertiary/aromatic N) is 9. The number of imidazole rings is 1. The van der Waals surface area contributed by atoms with Crippen molar-refractivity contribution in [3.8, 4) is 11.4 Å². The van der Waals surface area contributed by atoms with Gasteiger partial charge in [-0.25, -0.2) is 33.0 Å². The van der Waals surface area contributed by atoms with Crippen molar-refractivity contribution < 1.29 is 17.2 Å². The Morgan fingerprint density at radius 2 is 2.05 bits per heavy atom. The summed E-state index contributed by atoms with van der Waals surface area (Å²) in [5.41, 5.74) is 7.33. The summed E-state index contributed by atoms with van der Waals surface area (Å²) in [5, 5.41) is 10.8. The van der Waals surface area contributed by atoms with E-state index in [0.717, 1.165) is 4.09 Å². The van der Waals surface area contributed by atoms with Crippen LogP contribution in [0.5, 0.6) is 0 Å². The van der Waals surface area contributed by atoms with Crippen molar-refractivity contribution in [1.29, 1.82) is 0 Å². The number of anilines is 1. The van der Waals surface area contributed by atoms with Crippen molar-refractivity contribution in [2.24, 2.45) is 10.7 Å². The van der Waals surface area contributed by atoms with E-state index in [4.69, 9.17) is 5.73 Å². The van der Waals surface area contributed by atoms with E-state index in [-0.39, 0.29) is 12.2 Å². The fourth-order valence-electron chi connectivity index (χ4n) is 4.71. The van der Waals surface area contributed by atoms with Gasteiger partial charge < -0.3 is 15.6 Å². The lowest BCUT2D eigenvalue weighted by atomic mass is 9.80. The van der Waals surface area contributed by atoms with Crippen molar-refractivity contribution in [2.75, 3.05) is 5.32 Å². The fourth-order valence-corrected chi connectivity index (χ4v) is 6.19. The number of nitrogens with one attached hydrogen (secondary N) is 1. The Morgan fingerprint density at radius 1 is 1.20 bits per heavy atom. The van der Waals surface area contributed by atoms with Gasteiger partial charge in [-0.15, -0.1) is 0 Å². The van der Waals surface area contributed by atoms with Crippen LogP contribution in [0.4, 0.5) is 14.6 Å². The number of alkyl halides is 2. The lowest BCUT2D eigenvalue weighted by Gasteiger charge is -2.34. The summed E-state index contributed by atoms with van der Waals surface area (Å²) in [6, 6.07) is 3.15. The van der Waals surface area contributed by atoms with Crippen molar-refractivity contribution in [2.45, 2.75) is 56.0 Å². The third-order valence-corrected chi connectivity index (χ3v) is 9.04. The van der Waals surface area contributed by atoms with E-state index in [1.807, 2.05) is 10.8 Å². The topological polar surface area (TPSA) is 164 Å². The number of aliphatic imine (C=N–C) groups is 1. The summed E-state index contributed by atoms with van der Waals surface area (Å²) in [5.74, 6) is 1.23. The van der Waals surface area contributed by atoms with Gasteiger partial charge in [-0.3, -0.25) is 0 Å². The van der Waals surface area contributed by atoms with Crippen molar-refractivity contribution >= 4 is 27.2 Å². The van der Waals surface area contributed by atoms with Gasteiger partial charge in [-0.05, 0) is 37.8 Å². The standard InChI is InChI=1S/C25H27F2N11O2S/c26-24(27)37-10-5-20(35-37)19-14-31-22(12-25(19,28)6-1-9-36-11-8-29-16-36)33-21-4-7-30-23(34-21)17-13-32-38(15-17)41(39,40)18-2-3-18/h4-5,7-8,10-11,13-16,18,24H,1-3,6,9,12,28H2,(H,30,31,33,34). The minimum atomic E-state index is -3.51. The first-order valence-electron chi connectivity index (χ1n) is 13.0. The number of aryl methyl sites for hydroxylation is 1. The number of nitrogens with two attached hydrogens (primary N) is 1. The quantitative estimate of drug-likeness (QED) is 0.286. The van der Waals surface area contributed by atoms with Crippen LogP contribution in [0.25, 0.3) is 17.0 Å². The molecule has 0 amide bonds. The summed E-state index contributed by atoms with van der Waals surface area (Å²) >= 11 is 0. The average Bonchev–Trinajstić information content (AvgIpc) is 3.32. The highest BCUT2D eigenvalue weighted by Crippen LogP contribution is 2.35. The highest BCUT2D eigenvalue weighted by atomic mass is 32.2. The first-order valence-corrected chi connectivity index (χ1v) is 14.5. The summed E-state index contributed by atoms with van der Waals surface area (Å²) in [6.45, 7) is -2.09. The molecule has 3 N–H and O–H groups in total. The predicted octanol–water partition coefficient (Wildman–Crippen LogP) is 2.90. The van der Waals surface area contributed by atoms with E-state index in [0.29, 0.717) is 65.4 Å². The second-order valence-electron chi connectivity index (χ2n) is 10.1. The zero-order valence-corrected chi connectivity index (χ0v) is 22.6. The number of aromatic nitrogens is 8. The number of rotatable bonds is 10. The van der Waals surface area contributed by atoms with E-state index < -0.39 is 27.4 Å². The van der Waals surface area contributed by atoms with E-state index in [9.17, 15) is 17.2 Å². The Hall–Kier alpha value is -4.31. The van der Waals surface area contributed by atoms with Crippen LogP contribution >= 0.6 is 0 Å². The first-order chi connectivity index (χ1) is 19.7. The Kier molecular flexibility index (Phi) is 6.94. The Labute approximate surface area is 233 Å². The molecular weight excluding hydrogens is 556 g/mol. The molecule has 1 saturated carbocycles. The van der Waals surface area contributed by atoms with E-state index in [1.54, 1.807) is 31.0 Å². The van der Waals surface area contributed by atoms with Crippen LogP contribution in [0.1, 0.15) is 44.3 Å². The molecular formula is C25H27F2N11O2S. The number of hydrogen-bond donors (Lipinski definition) is 2. The Bertz CT molecular complexity index is 1710. The molecule has 0 radical (unpaired) electrons. The molecule has 6 rings (SSSR count).